The molecule has 0 aliphatic carbocycles. The number of carbonyl (C=O) groups is 2. The summed E-state index contributed by atoms with van der Waals surface area (Å²) in [6.45, 7) is 4.60. The lowest BCUT2D eigenvalue weighted by atomic mass is 10.0. The minimum atomic E-state index is -0.345. The van der Waals surface area contributed by atoms with Crippen molar-refractivity contribution in [3.05, 3.63) is 35.1 Å². The van der Waals surface area contributed by atoms with Crippen LogP contribution >= 0.6 is 0 Å². The average molecular weight is 264 g/mol. The maximum atomic E-state index is 13.0. The summed E-state index contributed by atoms with van der Waals surface area (Å²) in [6, 6.07) is 4.30. The largest absolute Gasteiger partial charge is 0.324 e. The smallest absolute Gasteiger partial charge is 0.323 e. The van der Waals surface area contributed by atoms with Crippen molar-refractivity contribution >= 4 is 11.9 Å². The molecule has 5 heteroatoms. The number of rotatable bonds is 3. The van der Waals surface area contributed by atoms with Gasteiger partial charge in [-0.1, -0.05) is 13.0 Å². The number of hydrogen-bond donors (Lipinski definition) is 1. The zero-order valence-corrected chi connectivity index (χ0v) is 11.1. The Hall–Kier alpha value is -1.91. The van der Waals surface area contributed by atoms with E-state index in [1.165, 1.54) is 12.1 Å². The molecule has 0 aromatic heterocycles. The monoisotopic (exact) mass is 264 g/mol. The molecule has 1 fully saturated rings. The zero-order chi connectivity index (χ0) is 14.0. The van der Waals surface area contributed by atoms with Gasteiger partial charge in [0.25, 0.3) is 0 Å². The Bertz CT molecular complexity index is 516. The SMILES string of the molecule is Cc1cc(F)ccc1CCN1CC(C)C(=O)NC1=O. The standard InChI is InChI=1S/C14H17FN2O2/c1-9-7-12(15)4-3-11(9)5-6-17-8-10(2)13(18)16-14(17)19/h3-4,7,10H,5-6,8H2,1-2H3,(H,16,18,19). The van der Waals surface area contributed by atoms with Crippen LogP contribution in [0.3, 0.4) is 0 Å². The minimum absolute atomic E-state index is 0.188. The molecule has 1 unspecified atom stereocenters. The first-order chi connectivity index (χ1) is 8.97. The molecule has 1 N–H and O–H groups in total. The van der Waals surface area contributed by atoms with Crippen LogP contribution in [0.25, 0.3) is 0 Å². The molecular formula is C14H17FN2O2. The number of benzene rings is 1. The highest BCUT2D eigenvalue weighted by atomic mass is 19.1. The third kappa shape index (κ3) is 3.10. The predicted octanol–water partition coefficient (Wildman–Crippen LogP) is 1.86. The van der Waals surface area contributed by atoms with Crippen LogP contribution in [0, 0.1) is 18.7 Å². The normalized spacial score (nSPS) is 19.5. The van der Waals surface area contributed by atoms with Crippen LogP contribution in [0.5, 0.6) is 0 Å². The van der Waals surface area contributed by atoms with Crippen LogP contribution in [0.4, 0.5) is 9.18 Å². The number of urea groups is 1. The van der Waals surface area contributed by atoms with Gasteiger partial charge in [-0.15, -0.1) is 0 Å². The van der Waals surface area contributed by atoms with Gasteiger partial charge in [-0.3, -0.25) is 10.1 Å². The molecule has 1 aromatic rings. The fourth-order valence-electron chi connectivity index (χ4n) is 2.19. The van der Waals surface area contributed by atoms with Crippen molar-refractivity contribution in [2.24, 2.45) is 5.92 Å². The Morgan fingerprint density at radius 2 is 2.16 bits per heavy atom. The summed E-state index contributed by atoms with van der Waals surface area (Å²) >= 11 is 0. The molecule has 0 bridgehead atoms. The van der Waals surface area contributed by atoms with Gasteiger partial charge in [0.05, 0.1) is 5.92 Å². The van der Waals surface area contributed by atoms with Crippen molar-refractivity contribution in [2.75, 3.05) is 13.1 Å². The number of halogens is 1. The molecule has 0 radical (unpaired) electrons. The third-order valence-electron chi connectivity index (χ3n) is 3.41. The highest BCUT2D eigenvalue weighted by Gasteiger charge is 2.28. The van der Waals surface area contributed by atoms with Gasteiger partial charge in [-0.25, -0.2) is 9.18 Å². The van der Waals surface area contributed by atoms with E-state index in [2.05, 4.69) is 5.32 Å². The third-order valence-corrected chi connectivity index (χ3v) is 3.41. The van der Waals surface area contributed by atoms with Crippen LogP contribution in [-0.4, -0.2) is 29.9 Å². The van der Waals surface area contributed by atoms with Crippen molar-refractivity contribution in [3.63, 3.8) is 0 Å². The second-order valence-electron chi connectivity index (χ2n) is 4.96. The van der Waals surface area contributed by atoms with Crippen molar-refractivity contribution in [3.8, 4) is 0 Å². The second kappa shape index (κ2) is 5.38. The molecule has 1 saturated heterocycles. The van der Waals surface area contributed by atoms with Gasteiger partial charge in [-0.05, 0) is 36.6 Å². The van der Waals surface area contributed by atoms with Crippen molar-refractivity contribution in [1.29, 1.82) is 0 Å². The first-order valence-electron chi connectivity index (χ1n) is 6.32. The molecule has 4 nitrogen and oxygen atoms in total. The number of hydrogen-bond acceptors (Lipinski definition) is 2. The molecule has 19 heavy (non-hydrogen) atoms. The molecule has 3 amide bonds. The van der Waals surface area contributed by atoms with Gasteiger partial charge < -0.3 is 4.90 Å². The topological polar surface area (TPSA) is 49.4 Å². The van der Waals surface area contributed by atoms with Gasteiger partial charge in [0.1, 0.15) is 5.82 Å². The Balaban J connectivity index is 1.98. The Kier molecular flexibility index (Phi) is 3.83. The lowest BCUT2D eigenvalue weighted by Crippen LogP contribution is -2.54. The summed E-state index contributed by atoms with van der Waals surface area (Å²) in [4.78, 5) is 24.6. The van der Waals surface area contributed by atoms with E-state index in [-0.39, 0.29) is 23.7 Å². The number of nitrogens with one attached hydrogen (secondary N) is 1. The molecule has 0 saturated carbocycles. The predicted molar refractivity (Wildman–Crippen MR) is 69.1 cm³/mol. The van der Waals surface area contributed by atoms with Gasteiger partial charge in [0, 0.05) is 13.1 Å². The summed E-state index contributed by atoms with van der Waals surface area (Å²) in [5.74, 6) is -0.664. The van der Waals surface area contributed by atoms with Crippen LogP contribution in [0.15, 0.2) is 18.2 Å². The summed E-state index contributed by atoms with van der Waals surface area (Å²) in [7, 11) is 0. The van der Waals surface area contributed by atoms with E-state index < -0.39 is 0 Å². The van der Waals surface area contributed by atoms with E-state index in [1.54, 1.807) is 17.9 Å². The summed E-state index contributed by atoms with van der Waals surface area (Å²) in [5, 5.41) is 2.33. The van der Waals surface area contributed by atoms with Gasteiger partial charge in [-0.2, -0.15) is 0 Å². The maximum Gasteiger partial charge on any atom is 0.324 e. The Morgan fingerprint density at radius 1 is 1.42 bits per heavy atom. The molecule has 1 aliphatic heterocycles. The molecule has 1 heterocycles. The minimum Gasteiger partial charge on any atom is -0.323 e. The number of carbonyl (C=O) groups excluding carboxylic acids is 2. The van der Waals surface area contributed by atoms with Gasteiger partial charge >= 0.3 is 6.03 Å². The maximum absolute atomic E-state index is 13.0. The van der Waals surface area contributed by atoms with E-state index in [0.717, 1.165) is 11.1 Å². The summed E-state index contributed by atoms with van der Waals surface area (Å²) < 4.78 is 13.0. The van der Waals surface area contributed by atoms with E-state index in [1.807, 2.05) is 6.92 Å². The average Bonchev–Trinajstić information content (AvgIpc) is 2.34. The molecule has 1 aromatic carbocycles. The first kappa shape index (κ1) is 13.5. The fraction of sp³-hybridized carbons (Fsp3) is 0.429. The van der Waals surface area contributed by atoms with Crippen molar-refractivity contribution in [1.82, 2.24) is 10.2 Å². The summed E-state index contributed by atoms with van der Waals surface area (Å²) in [5.41, 5.74) is 1.89. The van der Waals surface area contributed by atoms with E-state index in [4.69, 9.17) is 0 Å². The van der Waals surface area contributed by atoms with Crippen molar-refractivity contribution in [2.45, 2.75) is 20.3 Å². The Labute approximate surface area is 111 Å². The van der Waals surface area contributed by atoms with E-state index in [9.17, 15) is 14.0 Å². The fourth-order valence-corrected chi connectivity index (χ4v) is 2.19. The quantitative estimate of drug-likeness (QED) is 0.906. The van der Waals surface area contributed by atoms with Crippen LogP contribution < -0.4 is 5.32 Å². The van der Waals surface area contributed by atoms with Crippen LogP contribution in [0.2, 0.25) is 0 Å². The first-order valence-corrected chi connectivity index (χ1v) is 6.32. The van der Waals surface area contributed by atoms with E-state index in [0.29, 0.717) is 19.5 Å². The highest BCUT2D eigenvalue weighted by Crippen LogP contribution is 2.13. The lowest BCUT2D eigenvalue weighted by Gasteiger charge is -2.30. The van der Waals surface area contributed by atoms with Gasteiger partial charge in [0.2, 0.25) is 5.91 Å². The second-order valence-corrected chi connectivity index (χ2v) is 4.96. The zero-order valence-electron chi connectivity index (χ0n) is 11.1. The van der Waals surface area contributed by atoms with Crippen LogP contribution in [0.1, 0.15) is 18.1 Å². The van der Waals surface area contributed by atoms with Crippen LogP contribution in [-0.2, 0) is 11.2 Å². The Morgan fingerprint density at radius 3 is 2.84 bits per heavy atom. The van der Waals surface area contributed by atoms with Crippen molar-refractivity contribution < 1.29 is 14.0 Å². The van der Waals surface area contributed by atoms with E-state index >= 15 is 0 Å². The van der Waals surface area contributed by atoms with Gasteiger partial charge in [0.15, 0.2) is 0 Å². The highest BCUT2D eigenvalue weighted by molar-refractivity contribution is 5.97. The summed E-state index contributed by atoms with van der Waals surface area (Å²) in [6.07, 6.45) is 0.653. The molecule has 102 valence electrons. The molecular weight excluding hydrogens is 247 g/mol. The molecule has 1 atom stereocenters. The number of nitrogens with zero attached hydrogens (tertiary/aromatic N) is 1. The number of aryl methyl sites for hydroxylation is 1. The lowest BCUT2D eigenvalue weighted by molar-refractivity contribution is -0.125. The molecule has 0 spiro atoms. The molecule has 2 rings (SSSR count). The molecule has 1 aliphatic rings. The number of amides is 3. The number of imide groups is 1.